The minimum atomic E-state index is -5.19. The Bertz CT molecular complexity index is 985. The van der Waals surface area contributed by atoms with Gasteiger partial charge >= 0.3 is 6.18 Å². The maximum atomic E-state index is 12.2. The molecule has 3 aromatic carbocycles. The average Bonchev–Trinajstić information content (AvgIpc) is 2.88. The van der Waals surface area contributed by atoms with Crippen LogP contribution in [0.5, 0.6) is 0 Å². The Morgan fingerprint density at radius 1 is 0.833 bits per heavy atom. The molecule has 0 aliphatic rings. The number of aliphatic carboxylic acids is 1. The molecule has 0 aromatic heterocycles. The highest BCUT2D eigenvalue weighted by Crippen LogP contribution is 2.55. The monoisotopic (exact) mass is 518 g/mol. The van der Waals surface area contributed by atoms with Gasteiger partial charge in [-0.2, -0.15) is 13.2 Å². The number of benzene rings is 3. The molecule has 3 aromatic rings. The lowest BCUT2D eigenvalue weighted by molar-refractivity contribution is -0.344. The Labute approximate surface area is 210 Å². The van der Waals surface area contributed by atoms with Crippen molar-refractivity contribution < 1.29 is 27.9 Å². The van der Waals surface area contributed by atoms with Gasteiger partial charge in [-0.1, -0.05) is 54.6 Å². The van der Waals surface area contributed by atoms with Crippen LogP contribution >= 0.6 is 7.26 Å². The van der Waals surface area contributed by atoms with Gasteiger partial charge in [0.25, 0.3) is 0 Å². The van der Waals surface area contributed by atoms with Gasteiger partial charge in [-0.15, -0.1) is 0 Å². The number of carbonyl (C=O) groups excluding carboxylic acids is 2. The number of amides is 1. The number of halogens is 3. The van der Waals surface area contributed by atoms with Crippen LogP contribution in [0.3, 0.4) is 0 Å². The van der Waals surface area contributed by atoms with Crippen molar-refractivity contribution in [1.82, 2.24) is 10.2 Å². The molecule has 1 amide bonds. The summed E-state index contributed by atoms with van der Waals surface area (Å²) in [6.07, 6.45) is -3.21. The lowest BCUT2D eigenvalue weighted by atomic mass is 10.3. The van der Waals surface area contributed by atoms with Gasteiger partial charge in [0.2, 0.25) is 5.91 Å². The SMILES string of the molecule is CNCC(=O)N(C)CCC[P+](c1ccccc1)(c1ccccc1)c1ccccc1.O=C([O-])C(F)(F)F. The molecule has 36 heavy (non-hydrogen) atoms. The molecular formula is C27H30F3N2O3P. The van der Waals surface area contributed by atoms with Crippen molar-refractivity contribution >= 4 is 35.1 Å². The van der Waals surface area contributed by atoms with Gasteiger partial charge in [-0.25, -0.2) is 0 Å². The predicted octanol–water partition coefficient (Wildman–Crippen LogP) is 2.35. The lowest BCUT2D eigenvalue weighted by Crippen LogP contribution is -2.37. The van der Waals surface area contributed by atoms with E-state index in [1.54, 1.807) is 0 Å². The Hall–Kier alpha value is -3.22. The molecule has 0 saturated heterocycles. The summed E-state index contributed by atoms with van der Waals surface area (Å²) in [7, 11) is 1.90. The summed E-state index contributed by atoms with van der Waals surface area (Å²) >= 11 is 0. The summed E-state index contributed by atoms with van der Waals surface area (Å²) in [5.74, 6) is -2.87. The first-order valence-corrected chi connectivity index (χ1v) is 13.3. The molecule has 0 bridgehead atoms. The molecule has 9 heteroatoms. The first-order chi connectivity index (χ1) is 17.1. The molecule has 0 spiro atoms. The quantitative estimate of drug-likeness (QED) is 0.442. The Kier molecular flexibility index (Phi) is 11.1. The van der Waals surface area contributed by atoms with Crippen LogP contribution in [0.15, 0.2) is 91.0 Å². The van der Waals surface area contributed by atoms with Crippen molar-refractivity contribution in [2.24, 2.45) is 0 Å². The van der Waals surface area contributed by atoms with E-state index >= 15 is 0 Å². The second-order valence-corrected chi connectivity index (χ2v) is 11.6. The minimum absolute atomic E-state index is 0.135. The summed E-state index contributed by atoms with van der Waals surface area (Å²) in [4.78, 5) is 22.8. The fourth-order valence-corrected chi connectivity index (χ4v) is 8.17. The second kappa shape index (κ2) is 13.8. The third-order valence-corrected chi connectivity index (χ3v) is 10.1. The van der Waals surface area contributed by atoms with Crippen molar-refractivity contribution in [3.05, 3.63) is 91.0 Å². The third kappa shape index (κ3) is 7.90. The van der Waals surface area contributed by atoms with Gasteiger partial charge in [-0.3, -0.25) is 4.79 Å². The number of rotatable bonds is 9. The fourth-order valence-electron chi connectivity index (χ4n) is 3.84. The highest BCUT2D eigenvalue weighted by Gasteiger charge is 2.44. The number of likely N-dealkylation sites (N-methyl/N-ethyl adjacent to an activating group) is 2. The van der Waals surface area contributed by atoms with Crippen LogP contribution in [0, 0.1) is 0 Å². The second-order valence-electron chi connectivity index (χ2n) is 8.02. The molecule has 5 nitrogen and oxygen atoms in total. The fraction of sp³-hybridized carbons (Fsp3) is 0.259. The van der Waals surface area contributed by atoms with Gasteiger partial charge in [-0.05, 0) is 49.9 Å². The highest BCUT2D eigenvalue weighted by atomic mass is 31.2. The largest absolute Gasteiger partial charge is 0.542 e. The molecule has 0 aliphatic heterocycles. The molecular weight excluding hydrogens is 488 g/mol. The molecule has 0 saturated carbocycles. The molecule has 0 radical (unpaired) electrons. The van der Waals surface area contributed by atoms with Gasteiger partial charge in [0, 0.05) is 13.6 Å². The third-order valence-electron chi connectivity index (χ3n) is 5.56. The van der Waals surface area contributed by atoms with E-state index in [1.165, 1.54) is 15.9 Å². The number of carboxylic acids is 1. The molecule has 0 heterocycles. The van der Waals surface area contributed by atoms with Crippen LogP contribution in [-0.4, -0.2) is 56.3 Å². The Morgan fingerprint density at radius 3 is 1.50 bits per heavy atom. The maximum absolute atomic E-state index is 12.2. The van der Waals surface area contributed by atoms with E-state index in [4.69, 9.17) is 9.90 Å². The molecule has 0 atom stereocenters. The van der Waals surface area contributed by atoms with Crippen molar-refractivity contribution in [3.63, 3.8) is 0 Å². The van der Waals surface area contributed by atoms with E-state index in [1.807, 2.05) is 19.0 Å². The van der Waals surface area contributed by atoms with Gasteiger partial charge in [0.15, 0.2) is 0 Å². The minimum Gasteiger partial charge on any atom is -0.542 e. The van der Waals surface area contributed by atoms with E-state index in [-0.39, 0.29) is 5.91 Å². The zero-order valence-electron chi connectivity index (χ0n) is 20.2. The number of nitrogens with zero attached hydrogens (tertiary/aromatic N) is 1. The van der Waals surface area contributed by atoms with E-state index in [0.29, 0.717) is 6.54 Å². The zero-order valence-corrected chi connectivity index (χ0v) is 21.1. The molecule has 0 unspecified atom stereocenters. The number of carbonyl (C=O) groups is 2. The lowest BCUT2D eigenvalue weighted by Gasteiger charge is -2.28. The molecule has 0 aliphatic carbocycles. The van der Waals surface area contributed by atoms with Crippen LogP contribution < -0.4 is 26.3 Å². The summed E-state index contributed by atoms with van der Waals surface area (Å²) in [6, 6.07) is 32.7. The number of alkyl halides is 3. The van der Waals surface area contributed by atoms with Crippen LogP contribution in [-0.2, 0) is 9.59 Å². The van der Waals surface area contributed by atoms with E-state index in [2.05, 4.69) is 96.3 Å². The number of carboxylic acid groups (broad SMARTS) is 1. The van der Waals surface area contributed by atoms with Gasteiger partial charge in [0.05, 0.1) is 12.7 Å². The van der Waals surface area contributed by atoms with Crippen molar-refractivity contribution in [1.29, 1.82) is 0 Å². The van der Waals surface area contributed by atoms with E-state index in [9.17, 15) is 18.0 Å². The first kappa shape index (κ1) is 29.0. The zero-order chi connectivity index (χ0) is 26.6. The molecule has 0 fully saturated rings. The van der Waals surface area contributed by atoms with Crippen LogP contribution in [0.1, 0.15) is 6.42 Å². The van der Waals surface area contributed by atoms with Crippen LogP contribution in [0.2, 0.25) is 0 Å². The Morgan fingerprint density at radius 2 is 1.19 bits per heavy atom. The van der Waals surface area contributed by atoms with Gasteiger partial charge < -0.3 is 20.1 Å². The summed E-state index contributed by atoms with van der Waals surface area (Å²) < 4.78 is 31.5. The standard InChI is InChI=1S/C25H30N2OP.C2HF3O2/c1-26-21-25(28)27(2)19-12-20-29(22-13-6-3-7-14-22,23-15-8-4-9-16-23)24-17-10-5-11-18-24;3-2(4,5)1(6)7/h3-11,13-18,26H,12,19-21H2,1-2H3;(H,6,7)/q+1;/p-1. The molecule has 3 rings (SSSR count). The molecule has 1 N–H and O–H groups in total. The molecule has 192 valence electrons. The van der Waals surface area contributed by atoms with Crippen molar-refractivity contribution in [3.8, 4) is 0 Å². The van der Waals surface area contributed by atoms with Crippen molar-refractivity contribution in [2.75, 3.05) is 33.3 Å². The van der Waals surface area contributed by atoms with Gasteiger partial charge in [0.1, 0.15) is 29.1 Å². The van der Waals surface area contributed by atoms with Crippen molar-refractivity contribution in [2.45, 2.75) is 12.6 Å². The normalized spacial score (nSPS) is 11.2. The maximum Gasteiger partial charge on any atom is 0.430 e. The van der Waals surface area contributed by atoms with E-state index < -0.39 is 19.4 Å². The topological polar surface area (TPSA) is 72.5 Å². The number of nitrogens with one attached hydrogen (secondary N) is 1. The van der Waals surface area contributed by atoms with Crippen LogP contribution in [0.4, 0.5) is 13.2 Å². The number of hydrogen-bond donors (Lipinski definition) is 1. The summed E-state index contributed by atoms with van der Waals surface area (Å²) in [6.45, 7) is 1.14. The van der Waals surface area contributed by atoms with E-state index in [0.717, 1.165) is 19.1 Å². The highest BCUT2D eigenvalue weighted by molar-refractivity contribution is 7.95. The first-order valence-electron chi connectivity index (χ1n) is 11.3. The van der Waals surface area contributed by atoms with Crippen LogP contribution in [0.25, 0.3) is 0 Å². The smallest absolute Gasteiger partial charge is 0.430 e. The summed E-state index contributed by atoms with van der Waals surface area (Å²) in [5, 5.41) is 15.9. The number of hydrogen-bond acceptors (Lipinski definition) is 4. The average molecular weight is 519 g/mol. The summed E-state index contributed by atoms with van der Waals surface area (Å²) in [5.41, 5.74) is 0. The Balaban J connectivity index is 0.000000572. The predicted molar refractivity (Wildman–Crippen MR) is 137 cm³/mol.